The van der Waals surface area contributed by atoms with E-state index in [0.29, 0.717) is 6.54 Å². The predicted molar refractivity (Wildman–Crippen MR) is 82.8 cm³/mol. The molecule has 2 aromatic rings. The molecule has 0 aliphatic rings. The molecule has 5 heteroatoms. The number of hydrogen-bond acceptors (Lipinski definition) is 2. The highest BCUT2D eigenvalue weighted by Gasteiger charge is 2.26. The number of fused-ring (bicyclic) bond motifs is 1. The molecule has 1 N–H and O–H groups in total. The van der Waals surface area contributed by atoms with Gasteiger partial charge in [0.1, 0.15) is 0 Å². The first kappa shape index (κ1) is 14.3. The number of amides is 1. The van der Waals surface area contributed by atoms with E-state index < -0.39 is 11.6 Å². The Labute approximate surface area is 125 Å². The van der Waals surface area contributed by atoms with Crippen LogP contribution in [0.5, 0.6) is 0 Å². The van der Waals surface area contributed by atoms with E-state index in [4.69, 9.17) is 0 Å². The summed E-state index contributed by atoms with van der Waals surface area (Å²) in [5, 5.41) is 12.5. The fourth-order valence-electron chi connectivity index (χ4n) is 1.97. The summed E-state index contributed by atoms with van der Waals surface area (Å²) in [6.07, 6.45) is -0.889. The van der Waals surface area contributed by atoms with Crippen LogP contribution in [0, 0.1) is 0 Å². The SMILES string of the molecule is CC(C)(C)N(Cc1cccc2c(Br)csc12)C(=O)O. The van der Waals surface area contributed by atoms with E-state index in [1.54, 1.807) is 11.3 Å². The molecule has 1 aromatic heterocycles. The summed E-state index contributed by atoms with van der Waals surface area (Å²) >= 11 is 5.15. The summed E-state index contributed by atoms with van der Waals surface area (Å²) in [6.45, 7) is 6.13. The number of benzene rings is 1. The Morgan fingerprint density at radius 2 is 2.11 bits per heavy atom. The van der Waals surface area contributed by atoms with Gasteiger partial charge in [-0.2, -0.15) is 0 Å². The highest BCUT2D eigenvalue weighted by atomic mass is 79.9. The van der Waals surface area contributed by atoms with Crippen molar-refractivity contribution in [2.45, 2.75) is 32.9 Å². The van der Waals surface area contributed by atoms with E-state index >= 15 is 0 Å². The van der Waals surface area contributed by atoms with Crippen molar-refractivity contribution in [3.63, 3.8) is 0 Å². The van der Waals surface area contributed by atoms with Crippen molar-refractivity contribution >= 4 is 43.4 Å². The summed E-state index contributed by atoms with van der Waals surface area (Å²) < 4.78 is 2.21. The second-order valence-corrected chi connectivity index (χ2v) is 7.15. The molecule has 1 aromatic carbocycles. The third kappa shape index (κ3) is 2.92. The first-order chi connectivity index (χ1) is 8.80. The van der Waals surface area contributed by atoms with E-state index in [2.05, 4.69) is 15.9 Å². The second-order valence-electron chi connectivity index (χ2n) is 5.42. The highest BCUT2D eigenvalue weighted by molar-refractivity contribution is 9.10. The van der Waals surface area contributed by atoms with Crippen molar-refractivity contribution in [1.29, 1.82) is 0 Å². The molecule has 0 unspecified atom stereocenters. The maximum absolute atomic E-state index is 11.4. The van der Waals surface area contributed by atoms with Crippen LogP contribution in [-0.2, 0) is 6.54 Å². The van der Waals surface area contributed by atoms with Gasteiger partial charge in [0.05, 0.1) is 6.54 Å². The molecule has 0 saturated carbocycles. The number of nitrogens with zero attached hydrogens (tertiary/aromatic N) is 1. The van der Waals surface area contributed by atoms with Crippen LogP contribution in [0.4, 0.5) is 4.79 Å². The molecule has 0 aliphatic carbocycles. The Balaban J connectivity index is 2.42. The van der Waals surface area contributed by atoms with Crippen molar-refractivity contribution in [2.24, 2.45) is 0 Å². The van der Waals surface area contributed by atoms with Crippen LogP contribution in [0.1, 0.15) is 26.3 Å². The molecular formula is C14H16BrNO2S. The van der Waals surface area contributed by atoms with E-state index in [-0.39, 0.29) is 0 Å². The second kappa shape index (κ2) is 5.13. The molecular weight excluding hydrogens is 326 g/mol. The first-order valence-electron chi connectivity index (χ1n) is 5.96. The summed E-state index contributed by atoms with van der Waals surface area (Å²) in [4.78, 5) is 12.9. The normalized spacial score (nSPS) is 11.8. The minimum atomic E-state index is -0.889. The van der Waals surface area contributed by atoms with Gasteiger partial charge in [-0.15, -0.1) is 11.3 Å². The van der Waals surface area contributed by atoms with Gasteiger partial charge in [-0.05, 0) is 42.3 Å². The fraction of sp³-hybridized carbons (Fsp3) is 0.357. The maximum Gasteiger partial charge on any atom is 0.408 e. The first-order valence-corrected chi connectivity index (χ1v) is 7.63. The number of hydrogen-bond donors (Lipinski definition) is 1. The fourth-order valence-corrected chi connectivity index (χ4v) is 3.65. The third-order valence-corrected chi connectivity index (χ3v) is 5.03. The summed E-state index contributed by atoms with van der Waals surface area (Å²) in [7, 11) is 0. The third-order valence-electron chi connectivity index (χ3n) is 3.00. The van der Waals surface area contributed by atoms with E-state index in [9.17, 15) is 9.90 Å². The van der Waals surface area contributed by atoms with Crippen molar-refractivity contribution in [2.75, 3.05) is 0 Å². The molecule has 3 nitrogen and oxygen atoms in total. The number of halogens is 1. The molecule has 0 saturated heterocycles. The minimum absolute atomic E-state index is 0.406. The van der Waals surface area contributed by atoms with Gasteiger partial charge in [0.25, 0.3) is 0 Å². The molecule has 0 spiro atoms. The Bertz CT molecular complexity index is 615. The van der Waals surface area contributed by atoms with E-state index in [0.717, 1.165) is 20.1 Å². The number of carboxylic acid groups (broad SMARTS) is 1. The minimum Gasteiger partial charge on any atom is -0.465 e. The highest BCUT2D eigenvalue weighted by Crippen LogP contribution is 2.33. The summed E-state index contributed by atoms with van der Waals surface area (Å²) in [5.41, 5.74) is 0.633. The van der Waals surface area contributed by atoms with Gasteiger partial charge >= 0.3 is 6.09 Å². The summed E-state index contributed by atoms with van der Waals surface area (Å²) in [6, 6.07) is 6.01. The van der Waals surface area contributed by atoms with Gasteiger partial charge < -0.3 is 5.11 Å². The van der Waals surface area contributed by atoms with Gasteiger partial charge in [-0.3, -0.25) is 4.90 Å². The Morgan fingerprint density at radius 3 is 2.68 bits per heavy atom. The van der Waals surface area contributed by atoms with Gasteiger partial charge in [0, 0.05) is 25.5 Å². The molecule has 0 fully saturated rings. The van der Waals surface area contributed by atoms with Crippen LogP contribution < -0.4 is 0 Å². The topological polar surface area (TPSA) is 40.5 Å². The molecule has 0 radical (unpaired) electrons. The zero-order valence-corrected chi connectivity index (χ0v) is 13.5. The van der Waals surface area contributed by atoms with Crippen molar-refractivity contribution in [1.82, 2.24) is 4.90 Å². The maximum atomic E-state index is 11.4. The largest absolute Gasteiger partial charge is 0.465 e. The molecule has 1 heterocycles. The Kier molecular flexibility index (Phi) is 3.87. The lowest BCUT2D eigenvalue weighted by Gasteiger charge is -2.33. The monoisotopic (exact) mass is 341 g/mol. The van der Waals surface area contributed by atoms with Gasteiger partial charge in [0.2, 0.25) is 0 Å². The molecule has 0 aliphatic heterocycles. The van der Waals surface area contributed by atoms with Crippen LogP contribution in [0.25, 0.3) is 10.1 Å². The molecule has 19 heavy (non-hydrogen) atoms. The number of carbonyl (C=O) groups is 1. The zero-order valence-electron chi connectivity index (χ0n) is 11.1. The van der Waals surface area contributed by atoms with E-state index in [1.165, 1.54) is 4.90 Å². The lowest BCUT2D eigenvalue weighted by atomic mass is 10.0. The number of thiophene rings is 1. The van der Waals surface area contributed by atoms with Crippen LogP contribution in [-0.4, -0.2) is 21.6 Å². The van der Waals surface area contributed by atoms with Crippen LogP contribution >= 0.6 is 27.3 Å². The lowest BCUT2D eigenvalue weighted by Crippen LogP contribution is -2.44. The molecule has 102 valence electrons. The zero-order chi connectivity index (χ0) is 14.2. The van der Waals surface area contributed by atoms with Crippen molar-refractivity contribution in [3.05, 3.63) is 33.6 Å². The standard InChI is InChI=1S/C14H16BrNO2S/c1-14(2,3)16(13(17)18)7-9-5-4-6-10-11(15)8-19-12(9)10/h4-6,8H,7H2,1-3H3,(H,17,18). The number of rotatable bonds is 2. The van der Waals surface area contributed by atoms with Crippen LogP contribution in [0.3, 0.4) is 0 Å². The molecule has 0 atom stereocenters. The van der Waals surface area contributed by atoms with Crippen LogP contribution in [0.15, 0.2) is 28.1 Å². The van der Waals surface area contributed by atoms with E-state index in [1.807, 2.05) is 44.4 Å². The smallest absolute Gasteiger partial charge is 0.408 e. The average Bonchev–Trinajstić information content (AvgIpc) is 2.67. The summed E-state index contributed by atoms with van der Waals surface area (Å²) in [5.74, 6) is 0. The molecule has 1 amide bonds. The quantitative estimate of drug-likeness (QED) is 0.840. The Hall–Kier alpha value is -1.07. The molecule has 0 bridgehead atoms. The Morgan fingerprint density at radius 1 is 1.42 bits per heavy atom. The van der Waals surface area contributed by atoms with Gasteiger partial charge in [0.15, 0.2) is 0 Å². The predicted octanol–water partition coefficient (Wildman–Crippen LogP) is 4.94. The lowest BCUT2D eigenvalue weighted by molar-refractivity contribution is 0.0959. The van der Waals surface area contributed by atoms with Gasteiger partial charge in [-0.25, -0.2) is 4.79 Å². The average molecular weight is 342 g/mol. The van der Waals surface area contributed by atoms with Crippen molar-refractivity contribution in [3.8, 4) is 0 Å². The van der Waals surface area contributed by atoms with Crippen molar-refractivity contribution < 1.29 is 9.90 Å². The molecule has 2 rings (SSSR count). The van der Waals surface area contributed by atoms with Gasteiger partial charge in [-0.1, -0.05) is 18.2 Å². The van der Waals surface area contributed by atoms with Crippen LogP contribution in [0.2, 0.25) is 0 Å².